The first-order valence-corrected chi connectivity index (χ1v) is 7.78. The number of carbonyl (C=O) groups excluding carboxylic acids is 1. The van der Waals surface area contributed by atoms with Crippen molar-refractivity contribution in [3.05, 3.63) is 35.9 Å². The van der Waals surface area contributed by atoms with Crippen molar-refractivity contribution in [2.24, 2.45) is 11.7 Å². The van der Waals surface area contributed by atoms with Crippen LogP contribution in [0.1, 0.15) is 38.2 Å². The van der Waals surface area contributed by atoms with E-state index in [9.17, 15) is 9.90 Å². The molecule has 1 aromatic rings. The van der Waals surface area contributed by atoms with Crippen molar-refractivity contribution >= 4 is 5.91 Å². The Hall–Kier alpha value is -1.39. The molecule has 2 rings (SSSR count). The summed E-state index contributed by atoms with van der Waals surface area (Å²) in [6.07, 6.45) is 4.20. The number of rotatable bonds is 5. The second-order valence-electron chi connectivity index (χ2n) is 6.44. The second kappa shape index (κ2) is 7.05. The van der Waals surface area contributed by atoms with Gasteiger partial charge < -0.3 is 16.2 Å². The van der Waals surface area contributed by atoms with Gasteiger partial charge in [0.05, 0.1) is 11.6 Å². The molecular weight excluding hydrogens is 264 g/mol. The predicted octanol–water partition coefficient (Wildman–Crippen LogP) is 1.61. The maximum Gasteiger partial charge on any atom is 0.237 e. The van der Waals surface area contributed by atoms with Crippen LogP contribution in [0.2, 0.25) is 0 Å². The van der Waals surface area contributed by atoms with E-state index in [4.69, 9.17) is 5.73 Å². The van der Waals surface area contributed by atoms with E-state index in [2.05, 4.69) is 12.2 Å². The van der Waals surface area contributed by atoms with Gasteiger partial charge in [0.1, 0.15) is 0 Å². The molecule has 116 valence electrons. The summed E-state index contributed by atoms with van der Waals surface area (Å²) >= 11 is 0. The molecule has 3 atom stereocenters. The van der Waals surface area contributed by atoms with E-state index in [0.717, 1.165) is 31.2 Å². The van der Waals surface area contributed by atoms with E-state index < -0.39 is 11.6 Å². The minimum absolute atomic E-state index is 0.189. The highest BCUT2D eigenvalue weighted by molar-refractivity contribution is 5.81. The molecule has 1 aromatic carbocycles. The van der Waals surface area contributed by atoms with Crippen molar-refractivity contribution in [2.75, 3.05) is 6.54 Å². The normalized spacial score (nSPS) is 27.1. The summed E-state index contributed by atoms with van der Waals surface area (Å²) in [5.74, 6) is 0.323. The van der Waals surface area contributed by atoms with Gasteiger partial charge in [0.25, 0.3) is 0 Å². The first-order valence-electron chi connectivity index (χ1n) is 7.78. The van der Waals surface area contributed by atoms with Crippen LogP contribution in [-0.4, -0.2) is 29.2 Å². The fraction of sp³-hybridized carbons (Fsp3) is 0.588. The number of benzene rings is 1. The predicted molar refractivity (Wildman–Crippen MR) is 83.7 cm³/mol. The zero-order chi connectivity index (χ0) is 15.3. The van der Waals surface area contributed by atoms with E-state index in [1.165, 1.54) is 0 Å². The van der Waals surface area contributed by atoms with Crippen molar-refractivity contribution in [1.29, 1.82) is 0 Å². The molecule has 1 amide bonds. The third kappa shape index (κ3) is 4.83. The van der Waals surface area contributed by atoms with Gasteiger partial charge in [-0.05, 0) is 30.7 Å². The number of aliphatic hydroxyl groups is 1. The van der Waals surface area contributed by atoms with Gasteiger partial charge in [0, 0.05) is 6.54 Å². The summed E-state index contributed by atoms with van der Waals surface area (Å²) in [5, 5.41) is 13.3. The fourth-order valence-electron chi connectivity index (χ4n) is 3.14. The van der Waals surface area contributed by atoms with Crippen LogP contribution in [-0.2, 0) is 11.2 Å². The van der Waals surface area contributed by atoms with Crippen molar-refractivity contribution in [3.63, 3.8) is 0 Å². The SMILES string of the molecule is CC1CCCC(O)(CNC(=O)[C@@H](N)Cc2ccccc2)C1. The number of amides is 1. The summed E-state index contributed by atoms with van der Waals surface area (Å²) in [5.41, 5.74) is 6.22. The Morgan fingerprint density at radius 2 is 2.19 bits per heavy atom. The molecule has 0 spiro atoms. The van der Waals surface area contributed by atoms with Gasteiger partial charge in [-0.1, -0.05) is 50.1 Å². The third-order valence-electron chi connectivity index (χ3n) is 4.29. The molecule has 0 heterocycles. The van der Waals surface area contributed by atoms with Gasteiger partial charge in [0.2, 0.25) is 5.91 Å². The summed E-state index contributed by atoms with van der Waals surface area (Å²) in [7, 11) is 0. The molecule has 1 fully saturated rings. The molecule has 0 aliphatic heterocycles. The lowest BCUT2D eigenvalue weighted by Crippen LogP contribution is -2.50. The molecule has 4 N–H and O–H groups in total. The van der Waals surface area contributed by atoms with Gasteiger partial charge in [-0.25, -0.2) is 0 Å². The van der Waals surface area contributed by atoms with Crippen LogP contribution in [0.5, 0.6) is 0 Å². The average Bonchev–Trinajstić information content (AvgIpc) is 2.45. The lowest BCUT2D eigenvalue weighted by molar-refractivity contribution is -0.124. The summed E-state index contributed by atoms with van der Waals surface area (Å²) in [6.45, 7) is 2.45. The minimum Gasteiger partial charge on any atom is -0.388 e. The number of nitrogens with one attached hydrogen (secondary N) is 1. The van der Waals surface area contributed by atoms with E-state index in [1.807, 2.05) is 30.3 Å². The van der Waals surface area contributed by atoms with Crippen LogP contribution in [0.3, 0.4) is 0 Å². The average molecular weight is 290 g/mol. The van der Waals surface area contributed by atoms with E-state index in [-0.39, 0.29) is 5.91 Å². The van der Waals surface area contributed by atoms with Crippen molar-refractivity contribution in [1.82, 2.24) is 5.32 Å². The van der Waals surface area contributed by atoms with Gasteiger partial charge in [-0.2, -0.15) is 0 Å². The quantitative estimate of drug-likeness (QED) is 0.771. The van der Waals surface area contributed by atoms with Crippen LogP contribution in [0.4, 0.5) is 0 Å². The lowest BCUT2D eigenvalue weighted by Gasteiger charge is -2.35. The zero-order valence-electron chi connectivity index (χ0n) is 12.7. The molecule has 1 aliphatic carbocycles. The van der Waals surface area contributed by atoms with Crippen LogP contribution in [0.15, 0.2) is 30.3 Å². The fourth-order valence-corrected chi connectivity index (χ4v) is 3.14. The molecule has 0 saturated heterocycles. The van der Waals surface area contributed by atoms with Crippen molar-refractivity contribution in [3.8, 4) is 0 Å². The van der Waals surface area contributed by atoms with Gasteiger partial charge in [0.15, 0.2) is 0 Å². The molecule has 2 unspecified atom stereocenters. The van der Waals surface area contributed by atoms with Crippen LogP contribution >= 0.6 is 0 Å². The van der Waals surface area contributed by atoms with Crippen LogP contribution < -0.4 is 11.1 Å². The number of carbonyl (C=O) groups is 1. The van der Waals surface area contributed by atoms with E-state index in [1.54, 1.807) is 0 Å². The molecule has 4 heteroatoms. The second-order valence-corrected chi connectivity index (χ2v) is 6.44. The first-order chi connectivity index (χ1) is 9.98. The standard InChI is InChI=1S/C17H26N2O2/c1-13-6-5-9-17(21,11-13)12-19-16(20)15(18)10-14-7-3-2-4-8-14/h2-4,7-8,13,15,21H,5-6,9-12,18H2,1H3,(H,19,20)/t13?,15-,17?/m0/s1. The summed E-state index contributed by atoms with van der Waals surface area (Å²) in [4.78, 5) is 12.1. The monoisotopic (exact) mass is 290 g/mol. The minimum atomic E-state index is -0.764. The Morgan fingerprint density at radius 3 is 2.86 bits per heavy atom. The van der Waals surface area contributed by atoms with Gasteiger partial charge in [-0.15, -0.1) is 0 Å². The Balaban J connectivity index is 1.81. The van der Waals surface area contributed by atoms with Gasteiger partial charge >= 0.3 is 0 Å². The zero-order valence-corrected chi connectivity index (χ0v) is 12.7. The first kappa shape index (κ1) is 16.0. The van der Waals surface area contributed by atoms with Crippen LogP contribution in [0.25, 0.3) is 0 Å². The van der Waals surface area contributed by atoms with E-state index >= 15 is 0 Å². The topological polar surface area (TPSA) is 75.3 Å². The highest BCUT2D eigenvalue weighted by Crippen LogP contribution is 2.31. The lowest BCUT2D eigenvalue weighted by atomic mass is 9.79. The van der Waals surface area contributed by atoms with Crippen molar-refractivity contribution < 1.29 is 9.90 Å². The number of nitrogens with two attached hydrogens (primary N) is 1. The molecule has 1 aliphatic rings. The summed E-state index contributed by atoms with van der Waals surface area (Å²) in [6, 6.07) is 9.16. The maximum atomic E-state index is 12.1. The molecule has 1 saturated carbocycles. The third-order valence-corrected chi connectivity index (χ3v) is 4.29. The molecule has 0 bridgehead atoms. The highest BCUT2D eigenvalue weighted by Gasteiger charge is 2.33. The molecular formula is C17H26N2O2. The van der Waals surface area contributed by atoms with Crippen molar-refractivity contribution in [2.45, 2.75) is 50.7 Å². The van der Waals surface area contributed by atoms with Crippen LogP contribution in [0, 0.1) is 5.92 Å². The Bertz CT molecular complexity index is 463. The number of hydrogen-bond acceptors (Lipinski definition) is 3. The molecule has 4 nitrogen and oxygen atoms in total. The Morgan fingerprint density at radius 1 is 1.48 bits per heavy atom. The van der Waals surface area contributed by atoms with Gasteiger partial charge in [-0.3, -0.25) is 4.79 Å². The molecule has 21 heavy (non-hydrogen) atoms. The molecule has 0 aromatic heterocycles. The largest absolute Gasteiger partial charge is 0.388 e. The Kier molecular flexibility index (Phi) is 5.37. The Labute approximate surface area is 126 Å². The number of hydrogen-bond donors (Lipinski definition) is 3. The maximum absolute atomic E-state index is 12.1. The highest BCUT2D eigenvalue weighted by atomic mass is 16.3. The summed E-state index contributed by atoms with van der Waals surface area (Å²) < 4.78 is 0. The smallest absolute Gasteiger partial charge is 0.237 e. The van der Waals surface area contributed by atoms with E-state index in [0.29, 0.717) is 18.9 Å². The molecule has 0 radical (unpaired) electrons.